The van der Waals surface area contributed by atoms with Gasteiger partial charge in [0.05, 0.1) is 0 Å². The zero-order chi connectivity index (χ0) is 14.4. The van der Waals surface area contributed by atoms with Crippen molar-refractivity contribution in [2.24, 2.45) is 5.73 Å². The highest BCUT2D eigenvalue weighted by Gasteiger charge is 2.20. The molecule has 1 heteroatoms. The number of rotatable bonds is 14. The molecule has 0 aromatic carbocycles. The minimum Gasteiger partial charge on any atom is -0.325 e. The maximum Gasteiger partial charge on any atom is 0.0223 e. The van der Waals surface area contributed by atoms with Crippen LogP contribution >= 0.6 is 0 Å². The van der Waals surface area contributed by atoms with Gasteiger partial charge in [-0.05, 0) is 19.3 Å². The Morgan fingerprint density at radius 1 is 0.789 bits per heavy atom. The number of hydrogen-bond acceptors (Lipinski definition) is 1. The predicted octanol–water partition coefficient (Wildman–Crippen LogP) is 5.76. The summed E-state index contributed by atoms with van der Waals surface area (Å²) in [5.74, 6) is 0. The third-order valence-corrected chi connectivity index (χ3v) is 3.88. The van der Waals surface area contributed by atoms with E-state index in [0.29, 0.717) is 0 Å². The molecule has 0 saturated heterocycles. The summed E-state index contributed by atoms with van der Waals surface area (Å²) in [4.78, 5) is 0. The number of unbranched alkanes of at least 4 members (excludes halogenated alkanes) is 8. The first kappa shape index (κ1) is 18.4. The Morgan fingerprint density at radius 3 is 1.63 bits per heavy atom. The van der Waals surface area contributed by atoms with E-state index in [2.05, 4.69) is 20.1 Å². The minimum absolute atomic E-state index is 0.0926. The molecule has 0 heterocycles. The van der Waals surface area contributed by atoms with Gasteiger partial charge >= 0.3 is 0 Å². The standard InChI is InChI=1S/C18H35N/c1-4-7-8-9-10-11-12-13-14-17-18(19,15-5-2)16-6-3/h5-6H,2-4,7-17,19H2,1H3. The van der Waals surface area contributed by atoms with Crippen LogP contribution in [0.15, 0.2) is 25.3 Å². The maximum atomic E-state index is 6.37. The van der Waals surface area contributed by atoms with Crippen molar-refractivity contribution in [2.45, 2.75) is 89.5 Å². The first-order chi connectivity index (χ1) is 9.18. The fourth-order valence-corrected chi connectivity index (χ4v) is 2.65. The normalized spacial score (nSPS) is 11.5. The molecule has 0 bridgehead atoms. The molecule has 0 aliphatic heterocycles. The molecule has 0 saturated carbocycles. The summed E-state index contributed by atoms with van der Waals surface area (Å²) in [5.41, 5.74) is 6.28. The van der Waals surface area contributed by atoms with Crippen LogP contribution in [0.2, 0.25) is 0 Å². The molecule has 0 aromatic heterocycles. The molecule has 0 atom stereocenters. The monoisotopic (exact) mass is 265 g/mol. The second-order valence-corrected chi connectivity index (χ2v) is 5.93. The van der Waals surface area contributed by atoms with Crippen molar-refractivity contribution in [1.29, 1.82) is 0 Å². The molecule has 0 radical (unpaired) electrons. The Balaban J connectivity index is 3.49. The van der Waals surface area contributed by atoms with Crippen LogP contribution in [0, 0.1) is 0 Å². The Kier molecular flexibility index (Phi) is 12.1. The van der Waals surface area contributed by atoms with Crippen LogP contribution in [-0.4, -0.2) is 5.54 Å². The van der Waals surface area contributed by atoms with Gasteiger partial charge in [0.1, 0.15) is 0 Å². The summed E-state index contributed by atoms with van der Waals surface area (Å²) < 4.78 is 0. The van der Waals surface area contributed by atoms with E-state index in [1.165, 1.54) is 57.8 Å². The molecule has 1 nitrogen and oxygen atoms in total. The Bertz CT molecular complexity index is 210. The molecule has 19 heavy (non-hydrogen) atoms. The van der Waals surface area contributed by atoms with Crippen LogP contribution < -0.4 is 5.73 Å². The average Bonchev–Trinajstić information content (AvgIpc) is 2.37. The molecule has 0 unspecified atom stereocenters. The van der Waals surface area contributed by atoms with Gasteiger partial charge in [-0.2, -0.15) is 0 Å². The summed E-state index contributed by atoms with van der Waals surface area (Å²) in [6.07, 6.45) is 19.1. The summed E-state index contributed by atoms with van der Waals surface area (Å²) >= 11 is 0. The van der Waals surface area contributed by atoms with Gasteiger partial charge in [-0.15, -0.1) is 13.2 Å². The molecule has 0 aromatic rings. The SMILES string of the molecule is C=CCC(N)(CC=C)CCCCCCCCCCC. The van der Waals surface area contributed by atoms with E-state index in [9.17, 15) is 0 Å². The second kappa shape index (κ2) is 12.5. The molecule has 0 spiro atoms. The van der Waals surface area contributed by atoms with E-state index in [1.54, 1.807) is 0 Å². The highest BCUT2D eigenvalue weighted by Crippen LogP contribution is 2.22. The molecule has 0 aliphatic carbocycles. The minimum atomic E-state index is -0.0926. The number of nitrogens with two attached hydrogens (primary N) is 1. The van der Waals surface area contributed by atoms with E-state index in [1.807, 2.05) is 12.2 Å². The lowest BCUT2D eigenvalue weighted by Gasteiger charge is -2.27. The van der Waals surface area contributed by atoms with Gasteiger partial charge in [-0.25, -0.2) is 0 Å². The Morgan fingerprint density at radius 2 is 1.21 bits per heavy atom. The number of hydrogen-bond donors (Lipinski definition) is 1. The summed E-state index contributed by atoms with van der Waals surface area (Å²) in [7, 11) is 0. The third kappa shape index (κ3) is 11.0. The zero-order valence-corrected chi connectivity index (χ0v) is 13.1. The van der Waals surface area contributed by atoms with Gasteiger partial charge < -0.3 is 5.73 Å². The van der Waals surface area contributed by atoms with Crippen LogP contribution in [0.4, 0.5) is 0 Å². The van der Waals surface area contributed by atoms with E-state index >= 15 is 0 Å². The van der Waals surface area contributed by atoms with E-state index < -0.39 is 0 Å². The smallest absolute Gasteiger partial charge is 0.0223 e. The van der Waals surface area contributed by atoms with Gasteiger partial charge in [-0.1, -0.05) is 76.9 Å². The van der Waals surface area contributed by atoms with Gasteiger partial charge in [0.15, 0.2) is 0 Å². The fraction of sp³-hybridized carbons (Fsp3) is 0.778. The van der Waals surface area contributed by atoms with Crippen molar-refractivity contribution in [3.63, 3.8) is 0 Å². The summed E-state index contributed by atoms with van der Waals surface area (Å²) in [6, 6.07) is 0. The lowest BCUT2D eigenvalue weighted by Crippen LogP contribution is -2.38. The van der Waals surface area contributed by atoms with Crippen LogP contribution in [0.1, 0.15) is 84.0 Å². The first-order valence-corrected chi connectivity index (χ1v) is 8.19. The van der Waals surface area contributed by atoms with Crippen LogP contribution in [-0.2, 0) is 0 Å². The summed E-state index contributed by atoms with van der Waals surface area (Å²) in [5, 5.41) is 0. The van der Waals surface area contributed by atoms with Gasteiger partial charge in [0, 0.05) is 5.54 Å². The largest absolute Gasteiger partial charge is 0.325 e. The zero-order valence-electron chi connectivity index (χ0n) is 13.1. The molecular weight excluding hydrogens is 230 g/mol. The molecule has 0 amide bonds. The van der Waals surface area contributed by atoms with Gasteiger partial charge in [0.2, 0.25) is 0 Å². The maximum absolute atomic E-state index is 6.37. The average molecular weight is 265 g/mol. The van der Waals surface area contributed by atoms with Gasteiger partial charge in [0.25, 0.3) is 0 Å². The van der Waals surface area contributed by atoms with Gasteiger partial charge in [-0.3, -0.25) is 0 Å². The van der Waals surface area contributed by atoms with Crippen molar-refractivity contribution in [2.75, 3.05) is 0 Å². The molecule has 112 valence electrons. The molecule has 0 fully saturated rings. The predicted molar refractivity (Wildman–Crippen MR) is 88.4 cm³/mol. The van der Waals surface area contributed by atoms with E-state index in [4.69, 9.17) is 5.73 Å². The lowest BCUT2D eigenvalue weighted by atomic mass is 9.86. The van der Waals surface area contributed by atoms with Crippen molar-refractivity contribution in [1.82, 2.24) is 0 Å². The lowest BCUT2D eigenvalue weighted by molar-refractivity contribution is 0.380. The van der Waals surface area contributed by atoms with Crippen molar-refractivity contribution >= 4 is 0 Å². The highest BCUT2D eigenvalue weighted by atomic mass is 14.7. The van der Waals surface area contributed by atoms with Crippen LogP contribution in [0.5, 0.6) is 0 Å². The van der Waals surface area contributed by atoms with Crippen LogP contribution in [0.3, 0.4) is 0 Å². The van der Waals surface area contributed by atoms with E-state index in [-0.39, 0.29) is 5.54 Å². The third-order valence-electron chi connectivity index (χ3n) is 3.88. The van der Waals surface area contributed by atoms with Crippen LogP contribution in [0.25, 0.3) is 0 Å². The van der Waals surface area contributed by atoms with Crippen molar-refractivity contribution < 1.29 is 0 Å². The van der Waals surface area contributed by atoms with Crippen molar-refractivity contribution in [3.05, 3.63) is 25.3 Å². The molecule has 0 rings (SSSR count). The highest BCUT2D eigenvalue weighted by molar-refractivity contribution is 4.95. The fourth-order valence-electron chi connectivity index (χ4n) is 2.65. The van der Waals surface area contributed by atoms with E-state index in [0.717, 1.165) is 19.3 Å². The first-order valence-electron chi connectivity index (χ1n) is 8.19. The Labute approximate surface area is 121 Å². The molecule has 2 N–H and O–H groups in total. The van der Waals surface area contributed by atoms with Crippen molar-refractivity contribution in [3.8, 4) is 0 Å². The summed E-state index contributed by atoms with van der Waals surface area (Å²) in [6.45, 7) is 9.88. The molecular formula is C18H35N. The Hall–Kier alpha value is -0.560. The second-order valence-electron chi connectivity index (χ2n) is 5.93. The topological polar surface area (TPSA) is 26.0 Å². The molecule has 0 aliphatic rings. The quantitative estimate of drug-likeness (QED) is 0.314.